The topological polar surface area (TPSA) is 38.8 Å². The summed E-state index contributed by atoms with van der Waals surface area (Å²) in [4.78, 5) is 14.1. The average molecular weight is 329 g/mol. The Morgan fingerprint density at radius 1 is 1.21 bits per heavy atom. The molecule has 0 saturated carbocycles. The first-order valence-electron chi connectivity index (χ1n) is 7.46. The van der Waals surface area contributed by atoms with E-state index in [2.05, 4.69) is 6.58 Å². The van der Waals surface area contributed by atoms with E-state index in [0.717, 1.165) is 5.56 Å². The van der Waals surface area contributed by atoms with Gasteiger partial charge in [-0.25, -0.2) is 4.39 Å². The molecule has 4 nitrogen and oxygen atoms in total. The van der Waals surface area contributed by atoms with Gasteiger partial charge >= 0.3 is 0 Å². The van der Waals surface area contributed by atoms with E-state index in [9.17, 15) is 9.18 Å². The van der Waals surface area contributed by atoms with Crippen LogP contribution in [0.4, 0.5) is 4.39 Å². The second-order valence-electron chi connectivity index (χ2n) is 5.25. The van der Waals surface area contributed by atoms with Crippen LogP contribution in [-0.2, 0) is 6.54 Å². The van der Waals surface area contributed by atoms with E-state index in [1.807, 2.05) is 0 Å². The Balaban J connectivity index is 2.12. The zero-order valence-electron chi connectivity index (χ0n) is 13.8. The largest absolute Gasteiger partial charge is 0.493 e. The Labute approximate surface area is 141 Å². The first-order valence-corrected chi connectivity index (χ1v) is 7.46. The molecule has 0 radical (unpaired) electrons. The molecule has 0 unspecified atom stereocenters. The average Bonchev–Trinajstić information content (AvgIpc) is 2.61. The Morgan fingerprint density at radius 2 is 1.92 bits per heavy atom. The van der Waals surface area contributed by atoms with E-state index in [1.165, 1.54) is 19.2 Å². The summed E-state index contributed by atoms with van der Waals surface area (Å²) in [5.74, 6) is 0.577. The maximum atomic E-state index is 12.9. The third-order valence-corrected chi connectivity index (χ3v) is 3.45. The number of hydrogen-bond acceptors (Lipinski definition) is 3. The molecule has 0 aromatic heterocycles. The molecule has 0 saturated heterocycles. The summed E-state index contributed by atoms with van der Waals surface area (Å²) in [6.45, 7) is 4.34. The molecule has 0 spiro atoms. The number of benzene rings is 2. The summed E-state index contributed by atoms with van der Waals surface area (Å²) in [6, 6.07) is 11.1. The molecule has 2 aromatic carbocycles. The molecule has 0 bridgehead atoms. The highest BCUT2D eigenvalue weighted by Gasteiger charge is 2.15. The van der Waals surface area contributed by atoms with Crippen molar-refractivity contribution in [3.05, 3.63) is 72.1 Å². The molecule has 5 heteroatoms. The van der Waals surface area contributed by atoms with E-state index in [-0.39, 0.29) is 11.7 Å². The lowest BCUT2D eigenvalue weighted by Gasteiger charge is -2.18. The minimum absolute atomic E-state index is 0.159. The molecule has 2 aromatic rings. The summed E-state index contributed by atoms with van der Waals surface area (Å²) < 4.78 is 23.7. The van der Waals surface area contributed by atoms with E-state index >= 15 is 0 Å². The Morgan fingerprint density at radius 3 is 2.54 bits per heavy atom. The van der Waals surface area contributed by atoms with Gasteiger partial charge in [0.25, 0.3) is 5.91 Å². The van der Waals surface area contributed by atoms with Crippen LogP contribution in [0.15, 0.2) is 55.1 Å². The number of halogens is 1. The molecule has 1 amide bonds. The first-order chi connectivity index (χ1) is 11.5. The highest BCUT2D eigenvalue weighted by molar-refractivity contribution is 5.94. The quantitative estimate of drug-likeness (QED) is 0.728. The van der Waals surface area contributed by atoms with Crippen LogP contribution in [0.3, 0.4) is 0 Å². The molecule has 0 N–H and O–H groups in total. The lowest BCUT2D eigenvalue weighted by atomic mass is 10.1. The highest BCUT2D eigenvalue weighted by atomic mass is 19.1. The minimum Gasteiger partial charge on any atom is -0.493 e. The minimum atomic E-state index is -0.299. The van der Waals surface area contributed by atoms with Crippen molar-refractivity contribution in [3.63, 3.8) is 0 Å². The summed E-state index contributed by atoms with van der Waals surface area (Å²) in [6.07, 6.45) is 1.63. The molecular formula is C19H20FNO3. The van der Waals surface area contributed by atoms with Gasteiger partial charge in [-0.05, 0) is 35.9 Å². The molecule has 126 valence electrons. The predicted molar refractivity (Wildman–Crippen MR) is 90.9 cm³/mol. The molecule has 0 aliphatic carbocycles. The van der Waals surface area contributed by atoms with Crippen molar-refractivity contribution in [1.82, 2.24) is 4.90 Å². The molecule has 0 fully saturated rings. The van der Waals surface area contributed by atoms with Crippen molar-refractivity contribution < 1.29 is 18.7 Å². The third-order valence-electron chi connectivity index (χ3n) is 3.45. The van der Waals surface area contributed by atoms with Crippen LogP contribution >= 0.6 is 0 Å². The van der Waals surface area contributed by atoms with Crippen molar-refractivity contribution >= 4 is 5.91 Å². The van der Waals surface area contributed by atoms with Crippen LogP contribution in [0.25, 0.3) is 0 Å². The molecule has 2 rings (SSSR count). The fraction of sp³-hybridized carbons (Fsp3) is 0.211. The highest BCUT2D eigenvalue weighted by Crippen LogP contribution is 2.28. The molecule has 0 aliphatic heterocycles. The molecule has 0 heterocycles. The number of carbonyl (C=O) groups is 1. The van der Waals surface area contributed by atoms with Crippen LogP contribution < -0.4 is 9.47 Å². The van der Waals surface area contributed by atoms with Gasteiger partial charge in [0.15, 0.2) is 11.5 Å². The van der Waals surface area contributed by atoms with Crippen molar-refractivity contribution in [2.45, 2.75) is 6.54 Å². The summed E-state index contributed by atoms with van der Waals surface area (Å²) in [5, 5.41) is 0. The maximum Gasteiger partial charge on any atom is 0.254 e. The summed E-state index contributed by atoms with van der Waals surface area (Å²) in [5.41, 5.74) is 1.34. The van der Waals surface area contributed by atoms with Crippen LogP contribution in [0.2, 0.25) is 0 Å². The van der Waals surface area contributed by atoms with Gasteiger partial charge in [0.2, 0.25) is 0 Å². The zero-order chi connectivity index (χ0) is 17.5. The van der Waals surface area contributed by atoms with Crippen LogP contribution in [-0.4, -0.2) is 31.6 Å². The van der Waals surface area contributed by atoms with Gasteiger partial charge in [-0.15, -0.1) is 0 Å². The lowest BCUT2D eigenvalue weighted by molar-refractivity contribution is 0.0784. The van der Waals surface area contributed by atoms with E-state index in [4.69, 9.17) is 9.47 Å². The number of amides is 1. The lowest BCUT2D eigenvalue weighted by Crippen LogP contribution is -2.26. The van der Waals surface area contributed by atoms with Gasteiger partial charge < -0.3 is 14.4 Å². The number of rotatable bonds is 7. The van der Waals surface area contributed by atoms with E-state index < -0.39 is 0 Å². The second-order valence-corrected chi connectivity index (χ2v) is 5.25. The molecular weight excluding hydrogens is 309 g/mol. The number of hydrogen-bond donors (Lipinski definition) is 0. The van der Waals surface area contributed by atoms with Gasteiger partial charge in [0, 0.05) is 19.2 Å². The SMILES string of the molecule is C=CCOc1ccc(C(=O)N(C)Cc2ccc(F)cc2)cc1OC. The van der Waals surface area contributed by atoms with Crippen molar-refractivity contribution in [2.75, 3.05) is 20.8 Å². The number of methoxy groups -OCH3 is 1. The summed E-state index contributed by atoms with van der Waals surface area (Å²) >= 11 is 0. The van der Waals surface area contributed by atoms with Crippen LogP contribution in [0.1, 0.15) is 15.9 Å². The standard InChI is InChI=1S/C19H20FNO3/c1-4-11-24-17-10-7-15(12-18(17)23-3)19(22)21(2)13-14-5-8-16(20)9-6-14/h4-10,12H,1,11,13H2,2-3H3. The van der Waals surface area contributed by atoms with Crippen molar-refractivity contribution in [3.8, 4) is 11.5 Å². The Bertz CT molecular complexity index is 713. The fourth-order valence-electron chi connectivity index (χ4n) is 2.22. The fourth-order valence-corrected chi connectivity index (χ4v) is 2.22. The zero-order valence-corrected chi connectivity index (χ0v) is 13.8. The Kier molecular flexibility index (Phi) is 5.95. The number of carbonyl (C=O) groups excluding carboxylic acids is 1. The van der Waals surface area contributed by atoms with Gasteiger partial charge in [-0.2, -0.15) is 0 Å². The van der Waals surface area contributed by atoms with Crippen LogP contribution in [0.5, 0.6) is 11.5 Å². The van der Waals surface area contributed by atoms with E-state index in [1.54, 1.807) is 48.4 Å². The molecule has 0 aliphatic rings. The Hall–Kier alpha value is -2.82. The van der Waals surface area contributed by atoms with Crippen molar-refractivity contribution in [2.24, 2.45) is 0 Å². The van der Waals surface area contributed by atoms with E-state index in [0.29, 0.717) is 30.2 Å². The van der Waals surface area contributed by atoms with Gasteiger partial charge in [0.1, 0.15) is 12.4 Å². The first kappa shape index (κ1) is 17.5. The monoisotopic (exact) mass is 329 g/mol. The number of nitrogens with zero attached hydrogens (tertiary/aromatic N) is 1. The summed E-state index contributed by atoms with van der Waals surface area (Å²) in [7, 11) is 3.22. The maximum absolute atomic E-state index is 12.9. The van der Waals surface area contributed by atoms with Crippen LogP contribution in [0, 0.1) is 5.82 Å². The van der Waals surface area contributed by atoms with Crippen molar-refractivity contribution in [1.29, 1.82) is 0 Å². The normalized spacial score (nSPS) is 10.1. The molecule has 24 heavy (non-hydrogen) atoms. The third kappa shape index (κ3) is 4.35. The van der Waals surface area contributed by atoms with Gasteiger partial charge in [-0.3, -0.25) is 4.79 Å². The predicted octanol–water partition coefficient (Wildman–Crippen LogP) is 3.67. The molecule has 0 atom stereocenters. The second kappa shape index (κ2) is 8.15. The van der Waals surface area contributed by atoms with Gasteiger partial charge in [-0.1, -0.05) is 24.8 Å². The number of ether oxygens (including phenoxy) is 2. The smallest absolute Gasteiger partial charge is 0.254 e. The van der Waals surface area contributed by atoms with Gasteiger partial charge in [0.05, 0.1) is 7.11 Å².